The van der Waals surface area contributed by atoms with Crippen molar-refractivity contribution < 1.29 is 38.4 Å². The molecule has 0 unspecified atom stereocenters. The molecule has 11 heteroatoms. The summed E-state index contributed by atoms with van der Waals surface area (Å²) in [6, 6.07) is 22.5. The maximum atomic E-state index is 13.2. The average molecular weight is 692 g/mol. The van der Waals surface area contributed by atoms with Crippen LogP contribution in [0.1, 0.15) is 49.8 Å². The van der Waals surface area contributed by atoms with Crippen molar-refractivity contribution in [2.24, 2.45) is 11.7 Å². The number of hydrogen-bond donors (Lipinski definition) is 3. The summed E-state index contributed by atoms with van der Waals surface area (Å²) < 4.78 is 29.6. The summed E-state index contributed by atoms with van der Waals surface area (Å²) in [7, 11) is 1.65. The fourth-order valence-corrected chi connectivity index (χ4v) is 5.98. The Hall–Kier alpha value is -4.16. The topological polar surface area (TPSA) is 142 Å². The highest BCUT2D eigenvalue weighted by Crippen LogP contribution is 2.33. The Bertz CT molecular complexity index is 1480. The van der Waals surface area contributed by atoms with Gasteiger partial charge in [0, 0.05) is 44.5 Å². The van der Waals surface area contributed by atoms with Crippen LogP contribution in [0, 0.1) is 5.92 Å². The van der Waals surface area contributed by atoms with Gasteiger partial charge in [0.25, 0.3) is 0 Å². The Kier molecular flexibility index (Phi) is 15.4. The van der Waals surface area contributed by atoms with Gasteiger partial charge in [0.15, 0.2) is 0 Å². The van der Waals surface area contributed by atoms with Gasteiger partial charge in [-0.15, -0.1) is 0 Å². The molecule has 0 spiro atoms. The van der Waals surface area contributed by atoms with Crippen LogP contribution in [0.5, 0.6) is 17.2 Å². The lowest BCUT2D eigenvalue weighted by atomic mass is 9.84. The van der Waals surface area contributed by atoms with Crippen molar-refractivity contribution in [3.63, 3.8) is 0 Å². The Labute approximate surface area is 296 Å². The number of nitrogens with one attached hydrogen (secondary N) is 1. The van der Waals surface area contributed by atoms with E-state index in [0.29, 0.717) is 45.1 Å². The third kappa shape index (κ3) is 11.4. The van der Waals surface area contributed by atoms with Gasteiger partial charge in [-0.05, 0) is 47.7 Å². The molecule has 50 heavy (non-hydrogen) atoms. The quantitative estimate of drug-likeness (QED) is 0.159. The standard InChI is InChI=1S/C39H53N3O8/c1-27(2)38(40)39(45)42-24-33(44)37(36(25-42)50-23-22-49-35-13-8-5-10-29(35)18-19-41-28(3)43)30-14-16-32(17-15-30)48-21-9-20-47-26-31-11-6-7-12-34(31)46-4/h5-8,10-17,27,33,36-38,44H,9,18-26,40H2,1-4H3,(H,41,43)/t33-,36+,37+,38+/m1/s1. The van der Waals surface area contributed by atoms with E-state index in [1.807, 2.05) is 86.6 Å². The molecule has 4 rings (SSSR count). The minimum atomic E-state index is -0.861. The van der Waals surface area contributed by atoms with E-state index in [2.05, 4.69) is 5.32 Å². The molecule has 272 valence electrons. The van der Waals surface area contributed by atoms with Crippen molar-refractivity contribution in [3.05, 3.63) is 89.5 Å². The summed E-state index contributed by atoms with van der Waals surface area (Å²) >= 11 is 0. The van der Waals surface area contributed by atoms with E-state index in [1.54, 1.807) is 12.0 Å². The number of methoxy groups -OCH3 is 1. The molecule has 3 aromatic rings. The lowest BCUT2D eigenvalue weighted by Gasteiger charge is -2.42. The summed E-state index contributed by atoms with van der Waals surface area (Å²) in [5.41, 5.74) is 9.09. The zero-order valence-corrected chi connectivity index (χ0v) is 29.7. The fourth-order valence-electron chi connectivity index (χ4n) is 5.98. The first-order valence-electron chi connectivity index (χ1n) is 17.4. The highest BCUT2D eigenvalue weighted by atomic mass is 16.5. The second-order valence-corrected chi connectivity index (χ2v) is 12.8. The number of benzene rings is 3. The Morgan fingerprint density at radius 3 is 2.30 bits per heavy atom. The average Bonchev–Trinajstić information content (AvgIpc) is 3.11. The number of aliphatic hydroxyl groups is 1. The van der Waals surface area contributed by atoms with Crippen molar-refractivity contribution >= 4 is 11.8 Å². The van der Waals surface area contributed by atoms with Crippen LogP contribution in [0.15, 0.2) is 72.8 Å². The van der Waals surface area contributed by atoms with E-state index in [4.69, 9.17) is 29.4 Å². The minimum absolute atomic E-state index is 0.0395. The predicted molar refractivity (Wildman–Crippen MR) is 191 cm³/mol. The van der Waals surface area contributed by atoms with Crippen LogP contribution in [-0.4, -0.2) is 93.2 Å². The van der Waals surface area contributed by atoms with E-state index < -0.39 is 18.2 Å². The number of hydrogen-bond acceptors (Lipinski definition) is 9. The molecule has 4 N–H and O–H groups in total. The fraction of sp³-hybridized carbons (Fsp3) is 0.487. The molecule has 11 nitrogen and oxygen atoms in total. The number of amides is 2. The van der Waals surface area contributed by atoms with Gasteiger partial charge in [-0.3, -0.25) is 9.59 Å². The molecule has 1 heterocycles. The van der Waals surface area contributed by atoms with Gasteiger partial charge in [0.2, 0.25) is 11.8 Å². The molecule has 1 fully saturated rings. The molecule has 1 aliphatic rings. The van der Waals surface area contributed by atoms with Crippen molar-refractivity contribution in [2.45, 2.75) is 64.4 Å². The molecule has 3 aromatic carbocycles. The number of nitrogens with two attached hydrogens (primary N) is 1. The first-order chi connectivity index (χ1) is 24.2. The van der Waals surface area contributed by atoms with Crippen LogP contribution in [0.25, 0.3) is 0 Å². The molecule has 0 aromatic heterocycles. The number of ether oxygens (including phenoxy) is 5. The van der Waals surface area contributed by atoms with Crippen molar-refractivity contribution in [1.29, 1.82) is 0 Å². The van der Waals surface area contributed by atoms with E-state index in [9.17, 15) is 14.7 Å². The molecule has 0 aliphatic carbocycles. The minimum Gasteiger partial charge on any atom is -0.496 e. The number of carbonyl (C=O) groups excluding carboxylic acids is 2. The van der Waals surface area contributed by atoms with E-state index in [-0.39, 0.29) is 43.4 Å². The van der Waals surface area contributed by atoms with Gasteiger partial charge >= 0.3 is 0 Å². The van der Waals surface area contributed by atoms with Crippen molar-refractivity contribution in [2.75, 3.05) is 53.2 Å². The van der Waals surface area contributed by atoms with E-state index in [0.717, 1.165) is 34.6 Å². The third-order valence-corrected chi connectivity index (χ3v) is 8.77. The second-order valence-electron chi connectivity index (χ2n) is 12.8. The third-order valence-electron chi connectivity index (χ3n) is 8.77. The summed E-state index contributed by atoms with van der Waals surface area (Å²) in [5.74, 6) is 1.55. The van der Waals surface area contributed by atoms with Crippen LogP contribution >= 0.6 is 0 Å². The highest BCUT2D eigenvalue weighted by molar-refractivity contribution is 5.82. The lowest BCUT2D eigenvalue weighted by Crippen LogP contribution is -2.57. The smallest absolute Gasteiger partial charge is 0.239 e. The molecule has 0 bridgehead atoms. The number of para-hydroxylation sites is 2. The molecule has 2 amide bonds. The van der Waals surface area contributed by atoms with Crippen LogP contribution in [0.3, 0.4) is 0 Å². The Balaban J connectivity index is 1.33. The predicted octanol–water partition coefficient (Wildman–Crippen LogP) is 4.09. The molecule has 0 saturated carbocycles. The molecular formula is C39H53N3O8. The monoisotopic (exact) mass is 691 g/mol. The zero-order chi connectivity index (χ0) is 35.9. The van der Waals surface area contributed by atoms with E-state index >= 15 is 0 Å². The number of piperidine rings is 1. The maximum Gasteiger partial charge on any atom is 0.239 e. The van der Waals surface area contributed by atoms with Crippen LogP contribution in [0.2, 0.25) is 0 Å². The maximum absolute atomic E-state index is 13.2. The number of rotatable bonds is 19. The van der Waals surface area contributed by atoms with Crippen LogP contribution in [0.4, 0.5) is 0 Å². The number of aliphatic hydroxyl groups excluding tert-OH is 1. The van der Waals surface area contributed by atoms with Gasteiger partial charge in [-0.2, -0.15) is 0 Å². The van der Waals surface area contributed by atoms with Gasteiger partial charge in [-0.1, -0.05) is 62.4 Å². The molecule has 1 aliphatic heterocycles. The number of nitrogens with zero attached hydrogens (tertiary/aromatic N) is 1. The highest BCUT2D eigenvalue weighted by Gasteiger charge is 2.40. The first-order valence-corrected chi connectivity index (χ1v) is 17.4. The Morgan fingerprint density at radius 1 is 0.900 bits per heavy atom. The normalized spacial score (nSPS) is 18.1. The summed E-state index contributed by atoms with van der Waals surface area (Å²) in [5, 5.41) is 14.2. The number of likely N-dealkylation sites (tertiary alicyclic amines) is 1. The lowest BCUT2D eigenvalue weighted by molar-refractivity contribution is -0.144. The van der Waals surface area contributed by atoms with Gasteiger partial charge in [-0.25, -0.2) is 0 Å². The largest absolute Gasteiger partial charge is 0.496 e. The molecular weight excluding hydrogens is 638 g/mol. The zero-order valence-electron chi connectivity index (χ0n) is 29.7. The number of β-amino-alcohol motifs (C(OH)–C–C–N with tert-alkyl or cyclic N) is 1. The number of carbonyl (C=O) groups is 2. The van der Waals surface area contributed by atoms with Crippen LogP contribution < -0.4 is 25.3 Å². The van der Waals surface area contributed by atoms with Crippen LogP contribution in [-0.2, 0) is 32.1 Å². The first kappa shape index (κ1) is 38.6. The summed E-state index contributed by atoms with van der Waals surface area (Å²) in [6.45, 7) is 8.30. The molecule has 0 radical (unpaired) electrons. The second kappa shape index (κ2) is 19.9. The molecule has 4 atom stereocenters. The van der Waals surface area contributed by atoms with Gasteiger partial charge in [0.1, 0.15) is 23.9 Å². The summed E-state index contributed by atoms with van der Waals surface area (Å²) in [6.07, 6.45) is 0.00339. The molecule has 1 saturated heterocycles. The SMILES string of the molecule is COc1ccccc1COCCCOc1ccc([C@H]2[C@H](O)CN(C(=O)[C@@H](N)C(C)C)C[C@@H]2OCCOc2ccccc2CCNC(C)=O)cc1. The van der Waals surface area contributed by atoms with Crippen molar-refractivity contribution in [3.8, 4) is 17.2 Å². The summed E-state index contributed by atoms with van der Waals surface area (Å²) in [4.78, 5) is 26.1. The Morgan fingerprint density at radius 2 is 1.60 bits per heavy atom. The van der Waals surface area contributed by atoms with Gasteiger partial charge in [0.05, 0.1) is 51.8 Å². The van der Waals surface area contributed by atoms with Crippen molar-refractivity contribution in [1.82, 2.24) is 10.2 Å². The van der Waals surface area contributed by atoms with E-state index in [1.165, 1.54) is 6.92 Å². The van der Waals surface area contributed by atoms with Gasteiger partial charge < -0.3 is 44.7 Å².